The zero-order chi connectivity index (χ0) is 18.1. The van der Waals surface area contributed by atoms with Crippen LogP contribution in [0.5, 0.6) is 0 Å². The lowest BCUT2D eigenvalue weighted by Crippen LogP contribution is -2.48. The predicted octanol–water partition coefficient (Wildman–Crippen LogP) is 1.86. The first-order valence-electron chi connectivity index (χ1n) is 9.65. The van der Waals surface area contributed by atoms with Crippen LogP contribution in [0.1, 0.15) is 49.8 Å². The van der Waals surface area contributed by atoms with Gasteiger partial charge in [0.15, 0.2) is 0 Å². The maximum Gasteiger partial charge on any atom is 0.252 e. The van der Waals surface area contributed by atoms with E-state index in [2.05, 4.69) is 10.6 Å². The lowest BCUT2D eigenvalue weighted by atomic mass is 10.00. The number of piperidine rings is 2. The van der Waals surface area contributed by atoms with Crippen LogP contribution >= 0.6 is 11.3 Å². The summed E-state index contributed by atoms with van der Waals surface area (Å²) < 4.78 is 27.4. The summed E-state index contributed by atoms with van der Waals surface area (Å²) in [5.74, 6) is 0.0000652. The Bertz CT molecular complexity index is 743. The first kappa shape index (κ1) is 18.4. The molecule has 1 amide bonds. The molecule has 26 heavy (non-hydrogen) atoms. The Kier molecular flexibility index (Phi) is 5.36. The van der Waals surface area contributed by atoms with Crippen LogP contribution in [-0.2, 0) is 21.2 Å². The molecule has 4 rings (SSSR count). The zero-order valence-electron chi connectivity index (χ0n) is 14.9. The molecule has 2 N–H and O–H groups in total. The lowest BCUT2D eigenvalue weighted by molar-refractivity contribution is -0.121. The molecule has 4 heterocycles. The van der Waals surface area contributed by atoms with Crippen molar-refractivity contribution >= 4 is 27.3 Å². The van der Waals surface area contributed by atoms with E-state index in [0.29, 0.717) is 29.4 Å². The number of carbonyl (C=O) groups is 1. The monoisotopic (exact) mass is 397 g/mol. The van der Waals surface area contributed by atoms with Crippen molar-refractivity contribution in [1.29, 1.82) is 0 Å². The summed E-state index contributed by atoms with van der Waals surface area (Å²) in [6.07, 6.45) is 7.64. The second-order valence-corrected chi connectivity index (χ2v) is 11.1. The molecule has 144 valence electrons. The highest BCUT2D eigenvalue weighted by Crippen LogP contribution is 2.28. The van der Waals surface area contributed by atoms with Crippen molar-refractivity contribution in [2.24, 2.45) is 0 Å². The fraction of sp³-hybridized carbons (Fsp3) is 0.722. The van der Waals surface area contributed by atoms with Gasteiger partial charge in [0.05, 0.1) is 6.42 Å². The summed E-state index contributed by atoms with van der Waals surface area (Å²) in [6.45, 7) is 1.21. The molecular weight excluding hydrogens is 370 g/mol. The van der Waals surface area contributed by atoms with Crippen molar-refractivity contribution in [3.05, 3.63) is 17.0 Å². The van der Waals surface area contributed by atoms with Crippen LogP contribution in [0.3, 0.4) is 0 Å². The standard InChI is InChI=1S/C18H27N3O3S2/c22-17(20-15-10-13-4-5-14(11-15)19-13)12-16-6-7-18(25-16)26(23,24)21-8-2-1-3-9-21/h6-7,13-15,19H,1-5,8-12H2,(H,20,22). The first-order valence-corrected chi connectivity index (χ1v) is 11.9. The molecule has 2 atom stereocenters. The second-order valence-electron chi connectivity index (χ2n) is 7.74. The summed E-state index contributed by atoms with van der Waals surface area (Å²) in [5, 5.41) is 6.72. The predicted molar refractivity (Wildman–Crippen MR) is 102 cm³/mol. The summed E-state index contributed by atoms with van der Waals surface area (Å²) in [4.78, 5) is 13.2. The molecule has 1 aromatic heterocycles. The molecule has 1 aromatic rings. The number of hydrogen-bond acceptors (Lipinski definition) is 5. The van der Waals surface area contributed by atoms with E-state index in [1.54, 1.807) is 16.4 Å². The molecular formula is C18H27N3O3S2. The molecule has 0 saturated carbocycles. The first-order chi connectivity index (χ1) is 12.5. The molecule has 0 aliphatic carbocycles. The fourth-order valence-electron chi connectivity index (χ4n) is 4.44. The smallest absolute Gasteiger partial charge is 0.252 e. The zero-order valence-corrected chi connectivity index (χ0v) is 16.6. The Morgan fingerprint density at radius 1 is 1.15 bits per heavy atom. The van der Waals surface area contributed by atoms with Crippen LogP contribution in [-0.4, -0.2) is 49.8 Å². The average Bonchev–Trinajstić information content (AvgIpc) is 3.22. The quantitative estimate of drug-likeness (QED) is 0.795. The maximum atomic E-state index is 12.7. The molecule has 3 saturated heterocycles. The van der Waals surface area contributed by atoms with E-state index in [4.69, 9.17) is 0 Å². The van der Waals surface area contributed by atoms with Gasteiger partial charge >= 0.3 is 0 Å². The second kappa shape index (κ2) is 7.58. The van der Waals surface area contributed by atoms with E-state index in [9.17, 15) is 13.2 Å². The Morgan fingerprint density at radius 3 is 2.54 bits per heavy atom. The molecule has 6 nitrogen and oxygen atoms in total. The Hall–Kier alpha value is -0.960. The molecule has 8 heteroatoms. The third kappa shape index (κ3) is 3.98. The Morgan fingerprint density at radius 2 is 1.85 bits per heavy atom. The summed E-state index contributed by atoms with van der Waals surface area (Å²) in [7, 11) is -3.40. The molecule has 0 spiro atoms. The third-order valence-corrected chi connectivity index (χ3v) is 9.17. The maximum absolute atomic E-state index is 12.7. The SMILES string of the molecule is O=C(Cc1ccc(S(=O)(=O)N2CCCCC2)s1)NC1CC2CCC(C1)N2. The largest absolute Gasteiger partial charge is 0.353 e. The van der Waals surface area contributed by atoms with Crippen molar-refractivity contribution in [2.75, 3.05) is 13.1 Å². The van der Waals surface area contributed by atoms with Gasteiger partial charge in [0, 0.05) is 36.1 Å². The number of fused-ring (bicyclic) bond motifs is 2. The normalized spacial score (nSPS) is 29.6. The van der Waals surface area contributed by atoms with E-state index >= 15 is 0 Å². The minimum atomic E-state index is -3.40. The topological polar surface area (TPSA) is 78.5 Å². The number of nitrogens with zero attached hydrogens (tertiary/aromatic N) is 1. The molecule has 3 aliphatic rings. The van der Waals surface area contributed by atoms with Crippen LogP contribution in [0.2, 0.25) is 0 Å². The van der Waals surface area contributed by atoms with E-state index in [-0.39, 0.29) is 18.4 Å². The van der Waals surface area contributed by atoms with Crippen molar-refractivity contribution in [1.82, 2.24) is 14.9 Å². The fourth-order valence-corrected chi connectivity index (χ4v) is 7.46. The van der Waals surface area contributed by atoms with Gasteiger partial charge in [-0.25, -0.2) is 8.42 Å². The Balaban J connectivity index is 1.35. The van der Waals surface area contributed by atoms with Gasteiger partial charge in [-0.05, 0) is 50.7 Å². The van der Waals surface area contributed by atoms with E-state index < -0.39 is 10.0 Å². The van der Waals surface area contributed by atoms with Gasteiger partial charge in [0.1, 0.15) is 4.21 Å². The summed E-state index contributed by atoms with van der Waals surface area (Å²) in [5.41, 5.74) is 0. The van der Waals surface area contributed by atoms with Crippen molar-refractivity contribution in [3.8, 4) is 0 Å². The highest BCUT2D eigenvalue weighted by Gasteiger charge is 2.34. The van der Waals surface area contributed by atoms with Crippen LogP contribution in [0.15, 0.2) is 16.3 Å². The van der Waals surface area contributed by atoms with Gasteiger partial charge in [0.2, 0.25) is 5.91 Å². The van der Waals surface area contributed by atoms with E-state index in [1.807, 2.05) is 0 Å². The van der Waals surface area contributed by atoms with Crippen molar-refractivity contribution in [3.63, 3.8) is 0 Å². The number of sulfonamides is 1. The average molecular weight is 398 g/mol. The van der Waals surface area contributed by atoms with Crippen molar-refractivity contribution in [2.45, 2.75) is 73.7 Å². The van der Waals surface area contributed by atoms with Crippen LogP contribution < -0.4 is 10.6 Å². The molecule has 2 unspecified atom stereocenters. The number of hydrogen-bond donors (Lipinski definition) is 2. The van der Waals surface area contributed by atoms with Gasteiger partial charge in [0.25, 0.3) is 10.0 Å². The number of thiophene rings is 1. The van der Waals surface area contributed by atoms with Gasteiger partial charge in [-0.3, -0.25) is 4.79 Å². The van der Waals surface area contributed by atoms with Gasteiger partial charge in [-0.15, -0.1) is 11.3 Å². The highest BCUT2D eigenvalue weighted by molar-refractivity contribution is 7.91. The molecule has 0 radical (unpaired) electrons. The summed E-state index contributed by atoms with van der Waals surface area (Å²) in [6, 6.07) is 4.77. The van der Waals surface area contributed by atoms with E-state index in [0.717, 1.165) is 37.0 Å². The molecule has 2 bridgehead atoms. The van der Waals surface area contributed by atoms with Gasteiger partial charge in [-0.1, -0.05) is 6.42 Å². The molecule has 3 fully saturated rings. The van der Waals surface area contributed by atoms with Crippen LogP contribution in [0.4, 0.5) is 0 Å². The van der Waals surface area contributed by atoms with Gasteiger partial charge < -0.3 is 10.6 Å². The van der Waals surface area contributed by atoms with Crippen LogP contribution in [0, 0.1) is 0 Å². The van der Waals surface area contributed by atoms with E-state index in [1.165, 1.54) is 24.2 Å². The highest BCUT2D eigenvalue weighted by atomic mass is 32.2. The van der Waals surface area contributed by atoms with Gasteiger partial charge in [-0.2, -0.15) is 4.31 Å². The number of rotatable bonds is 5. The van der Waals surface area contributed by atoms with Crippen molar-refractivity contribution < 1.29 is 13.2 Å². The minimum Gasteiger partial charge on any atom is -0.353 e. The van der Waals surface area contributed by atoms with Crippen LogP contribution in [0.25, 0.3) is 0 Å². The number of nitrogens with one attached hydrogen (secondary N) is 2. The summed E-state index contributed by atoms with van der Waals surface area (Å²) >= 11 is 1.23. The molecule has 3 aliphatic heterocycles. The Labute approximate surface area is 159 Å². The lowest BCUT2D eigenvalue weighted by Gasteiger charge is -2.29. The molecule has 0 aromatic carbocycles. The minimum absolute atomic E-state index is 0.0000652. The third-order valence-electron chi connectivity index (χ3n) is 5.72. The number of carbonyl (C=O) groups excluding carboxylic acids is 1. The number of amides is 1.